The minimum atomic E-state index is -3.47. The molecular weight excluding hydrogens is 244 g/mol. The number of anilines is 1. The molecule has 1 heterocycles. The molecule has 1 aromatic heterocycles. The van der Waals surface area contributed by atoms with E-state index >= 15 is 0 Å². The molecule has 0 fully saturated rings. The van der Waals surface area contributed by atoms with Gasteiger partial charge in [0.25, 0.3) is 0 Å². The van der Waals surface area contributed by atoms with E-state index in [-0.39, 0.29) is 17.1 Å². The summed E-state index contributed by atoms with van der Waals surface area (Å²) in [6.07, 6.45) is 1.71. The molecule has 0 saturated heterocycles. The third-order valence-corrected chi connectivity index (χ3v) is 3.40. The van der Waals surface area contributed by atoms with Crippen molar-refractivity contribution in [2.75, 3.05) is 24.2 Å². The normalized spacial score (nSPS) is 11.1. The highest BCUT2D eigenvalue weighted by atomic mass is 32.2. The summed E-state index contributed by atoms with van der Waals surface area (Å²) in [4.78, 5) is 0. The van der Waals surface area contributed by atoms with Gasteiger partial charge >= 0.3 is 0 Å². The molecule has 1 aromatic rings. The maximum atomic E-state index is 11.7. The van der Waals surface area contributed by atoms with Gasteiger partial charge in [-0.2, -0.15) is 10.4 Å². The second-order valence-electron chi connectivity index (χ2n) is 3.41. The molecule has 0 aliphatic heterocycles. The Labute approximate surface area is 100 Å². The highest BCUT2D eigenvalue weighted by Crippen LogP contribution is 2.14. The van der Waals surface area contributed by atoms with Gasteiger partial charge in [-0.3, -0.25) is 9.40 Å². The van der Waals surface area contributed by atoms with Gasteiger partial charge in [0.1, 0.15) is 11.6 Å². The standard InChI is InChI=1S/C9H14N4O3S/c1-13-9(8(6-10)7-11-13)12-17(14,15)5-3-4-16-2/h7,12H,3-5H2,1-2H3. The first kappa shape index (κ1) is 13.5. The zero-order valence-electron chi connectivity index (χ0n) is 9.67. The average molecular weight is 258 g/mol. The van der Waals surface area contributed by atoms with E-state index in [2.05, 4.69) is 9.82 Å². The minimum Gasteiger partial charge on any atom is -0.385 e. The molecule has 7 nitrogen and oxygen atoms in total. The Kier molecular flexibility index (Phi) is 4.48. The maximum absolute atomic E-state index is 11.7. The van der Waals surface area contributed by atoms with Crippen LogP contribution >= 0.6 is 0 Å². The van der Waals surface area contributed by atoms with E-state index in [0.29, 0.717) is 13.0 Å². The summed E-state index contributed by atoms with van der Waals surface area (Å²) in [7, 11) is -0.402. The summed E-state index contributed by atoms with van der Waals surface area (Å²) in [6, 6.07) is 1.87. The molecule has 1 rings (SSSR count). The first-order valence-electron chi connectivity index (χ1n) is 4.91. The van der Waals surface area contributed by atoms with E-state index in [9.17, 15) is 8.42 Å². The van der Waals surface area contributed by atoms with Gasteiger partial charge in [-0.25, -0.2) is 8.42 Å². The van der Waals surface area contributed by atoms with Crippen molar-refractivity contribution < 1.29 is 13.2 Å². The molecule has 0 atom stereocenters. The van der Waals surface area contributed by atoms with Gasteiger partial charge in [0.05, 0.1) is 11.9 Å². The first-order chi connectivity index (χ1) is 8.00. The number of ether oxygens (including phenoxy) is 1. The van der Waals surface area contributed by atoms with Crippen LogP contribution in [-0.4, -0.2) is 37.7 Å². The van der Waals surface area contributed by atoms with E-state index in [1.165, 1.54) is 18.0 Å². The van der Waals surface area contributed by atoms with Gasteiger partial charge < -0.3 is 4.74 Å². The number of aryl methyl sites for hydroxylation is 1. The second kappa shape index (κ2) is 5.65. The van der Waals surface area contributed by atoms with Crippen molar-refractivity contribution in [2.45, 2.75) is 6.42 Å². The number of sulfonamides is 1. The quantitative estimate of drug-likeness (QED) is 0.728. The monoisotopic (exact) mass is 258 g/mol. The van der Waals surface area contributed by atoms with Gasteiger partial charge in [0.15, 0.2) is 5.82 Å². The first-order valence-corrected chi connectivity index (χ1v) is 6.57. The molecule has 0 saturated carbocycles. The molecule has 0 unspecified atom stereocenters. The third kappa shape index (κ3) is 3.72. The number of nitrogens with one attached hydrogen (secondary N) is 1. The van der Waals surface area contributed by atoms with Gasteiger partial charge in [-0.05, 0) is 6.42 Å². The molecule has 0 bridgehead atoms. The molecule has 1 N–H and O–H groups in total. The molecule has 17 heavy (non-hydrogen) atoms. The molecular formula is C9H14N4O3S. The van der Waals surface area contributed by atoms with Crippen LogP contribution in [0.2, 0.25) is 0 Å². The van der Waals surface area contributed by atoms with Crippen LogP contribution in [0.15, 0.2) is 6.20 Å². The van der Waals surface area contributed by atoms with Crippen LogP contribution in [0.25, 0.3) is 0 Å². The van der Waals surface area contributed by atoms with Crippen molar-refractivity contribution >= 4 is 15.8 Å². The lowest BCUT2D eigenvalue weighted by molar-refractivity contribution is 0.199. The second-order valence-corrected chi connectivity index (χ2v) is 5.25. The summed E-state index contributed by atoms with van der Waals surface area (Å²) >= 11 is 0. The lowest BCUT2D eigenvalue weighted by atomic mass is 10.4. The van der Waals surface area contributed by atoms with Crippen molar-refractivity contribution in [2.24, 2.45) is 7.05 Å². The largest absolute Gasteiger partial charge is 0.385 e. The van der Waals surface area contributed by atoms with Crippen molar-refractivity contribution in [3.63, 3.8) is 0 Å². The van der Waals surface area contributed by atoms with Crippen molar-refractivity contribution in [1.29, 1.82) is 5.26 Å². The van der Waals surface area contributed by atoms with E-state index < -0.39 is 10.0 Å². The highest BCUT2D eigenvalue weighted by Gasteiger charge is 2.16. The van der Waals surface area contributed by atoms with Gasteiger partial charge in [-0.15, -0.1) is 0 Å². The fourth-order valence-electron chi connectivity index (χ4n) is 1.23. The van der Waals surface area contributed by atoms with Gasteiger partial charge in [0, 0.05) is 20.8 Å². The highest BCUT2D eigenvalue weighted by molar-refractivity contribution is 7.92. The van der Waals surface area contributed by atoms with E-state index in [4.69, 9.17) is 10.00 Å². The fraction of sp³-hybridized carbons (Fsp3) is 0.556. The topological polar surface area (TPSA) is 97.0 Å². The average Bonchev–Trinajstić information content (AvgIpc) is 2.60. The van der Waals surface area contributed by atoms with Crippen LogP contribution in [0.5, 0.6) is 0 Å². The zero-order chi connectivity index (χ0) is 12.9. The smallest absolute Gasteiger partial charge is 0.233 e. The number of aromatic nitrogens is 2. The van der Waals surface area contributed by atoms with Crippen molar-refractivity contribution in [1.82, 2.24) is 9.78 Å². The van der Waals surface area contributed by atoms with Gasteiger partial charge in [0.2, 0.25) is 10.0 Å². The Morgan fingerprint density at radius 2 is 2.35 bits per heavy atom. The lowest BCUT2D eigenvalue weighted by Crippen LogP contribution is -2.20. The summed E-state index contributed by atoms with van der Waals surface area (Å²) < 4.78 is 31.8. The minimum absolute atomic E-state index is 0.0586. The van der Waals surface area contributed by atoms with E-state index in [1.54, 1.807) is 7.05 Å². The number of nitrogens with zero attached hydrogens (tertiary/aromatic N) is 3. The Morgan fingerprint density at radius 3 is 2.94 bits per heavy atom. The van der Waals surface area contributed by atoms with Crippen LogP contribution < -0.4 is 4.72 Å². The summed E-state index contributed by atoms with van der Waals surface area (Å²) in [5, 5.41) is 12.6. The summed E-state index contributed by atoms with van der Waals surface area (Å²) in [5.74, 6) is 0.126. The third-order valence-electron chi connectivity index (χ3n) is 2.07. The summed E-state index contributed by atoms with van der Waals surface area (Å²) in [6.45, 7) is 0.372. The number of methoxy groups -OCH3 is 1. The maximum Gasteiger partial charge on any atom is 0.233 e. The van der Waals surface area contributed by atoms with Crippen molar-refractivity contribution in [3.8, 4) is 6.07 Å². The van der Waals surface area contributed by atoms with Crippen molar-refractivity contribution in [3.05, 3.63) is 11.8 Å². The van der Waals surface area contributed by atoms with Crippen LogP contribution in [-0.2, 0) is 21.8 Å². The molecule has 0 aliphatic carbocycles. The number of nitriles is 1. The molecule has 0 aliphatic rings. The van der Waals surface area contributed by atoms with Crippen LogP contribution in [0.3, 0.4) is 0 Å². The zero-order valence-corrected chi connectivity index (χ0v) is 10.5. The summed E-state index contributed by atoms with van der Waals surface area (Å²) in [5.41, 5.74) is 0.197. The fourth-order valence-corrected chi connectivity index (χ4v) is 2.37. The Bertz CT molecular complexity index is 515. The van der Waals surface area contributed by atoms with Crippen LogP contribution in [0, 0.1) is 11.3 Å². The number of hydrogen-bond acceptors (Lipinski definition) is 5. The predicted octanol–water partition coefficient (Wildman–Crippen LogP) is 0.0700. The number of rotatable bonds is 6. The molecule has 94 valence electrons. The predicted molar refractivity (Wildman–Crippen MR) is 61.8 cm³/mol. The Morgan fingerprint density at radius 1 is 1.65 bits per heavy atom. The molecule has 0 radical (unpaired) electrons. The van der Waals surface area contributed by atoms with Crippen LogP contribution in [0.1, 0.15) is 12.0 Å². The number of hydrogen-bond donors (Lipinski definition) is 1. The lowest BCUT2D eigenvalue weighted by Gasteiger charge is -2.08. The van der Waals surface area contributed by atoms with Crippen LogP contribution in [0.4, 0.5) is 5.82 Å². The molecule has 0 aromatic carbocycles. The molecule has 0 amide bonds. The Balaban J connectivity index is 2.76. The van der Waals surface area contributed by atoms with E-state index in [1.807, 2.05) is 6.07 Å². The van der Waals surface area contributed by atoms with Gasteiger partial charge in [-0.1, -0.05) is 0 Å². The Hall–Kier alpha value is -1.59. The molecule has 8 heteroatoms. The molecule has 0 spiro atoms. The SMILES string of the molecule is COCCCS(=O)(=O)Nc1c(C#N)cnn1C. The van der Waals surface area contributed by atoms with E-state index in [0.717, 1.165) is 0 Å².